The Kier molecular flexibility index (Phi) is 3.01. The van der Waals surface area contributed by atoms with E-state index in [4.69, 9.17) is 6.42 Å². The van der Waals surface area contributed by atoms with Crippen molar-refractivity contribution in [1.29, 1.82) is 0 Å². The van der Waals surface area contributed by atoms with Crippen LogP contribution < -0.4 is 0 Å². The Bertz CT molecular complexity index is 97.4. The van der Waals surface area contributed by atoms with Gasteiger partial charge in [-0.15, -0.1) is 0 Å². The molecule has 0 nitrogen and oxygen atoms in total. The van der Waals surface area contributed by atoms with E-state index in [1.807, 2.05) is 0 Å². The summed E-state index contributed by atoms with van der Waals surface area (Å²) in [4.78, 5) is 0. The van der Waals surface area contributed by atoms with Gasteiger partial charge in [-0.05, 0) is 26.5 Å². The molecule has 0 unspecified atom stereocenters. The predicted molar refractivity (Wildman–Crippen MR) is 39.3 cm³/mol. The molecule has 0 saturated heterocycles. The van der Waals surface area contributed by atoms with Crippen LogP contribution in [0.4, 0.5) is 0 Å². The Balaban J connectivity index is 3.58. The van der Waals surface area contributed by atoms with Crippen LogP contribution in [0.25, 0.3) is 0 Å². The minimum absolute atomic E-state index is 0.210. The summed E-state index contributed by atoms with van der Waals surface area (Å²) in [5.74, 6) is 2.39. The van der Waals surface area contributed by atoms with Gasteiger partial charge in [0.15, 0.2) is 0 Å². The molecule has 0 aliphatic rings. The van der Waals surface area contributed by atoms with Gasteiger partial charge in [0.2, 0.25) is 0 Å². The van der Waals surface area contributed by atoms with E-state index in [1.165, 1.54) is 0 Å². The van der Waals surface area contributed by atoms with E-state index in [1.54, 1.807) is 11.8 Å². The van der Waals surface area contributed by atoms with Crippen molar-refractivity contribution in [3.8, 4) is 5.92 Å². The summed E-state index contributed by atoms with van der Waals surface area (Å²) in [6, 6.07) is 0. The number of hydrogen-bond donors (Lipinski definition) is 0. The van der Waals surface area contributed by atoms with Crippen molar-refractivity contribution in [1.82, 2.24) is 0 Å². The van der Waals surface area contributed by atoms with Crippen LogP contribution in [0.5, 0.6) is 0 Å². The zero-order chi connectivity index (χ0) is 6.62. The van der Waals surface area contributed by atoms with Crippen molar-refractivity contribution < 1.29 is 0 Å². The second-order valence-electron chi connectivity index (χ2n) is 2.32. The smallest absolute Gasteiger partial charge is 0.0241 e. The van der Waals surface area contributed by atoms with Crippen molar-refractivity contribution in [2.24, 2.45) is 0 Å². The molecule has 0 N–H and O–H groups in total. The lowest BCUT2D eigenvalue weighted by molar-refractivity contribution is 0.741. The summed E-state index contributed by atoms with van der Waals surface area (Å²) in [6.07, 6.45) is 9.50. The van der Waals surface area contributed by atoms with Crippen LogP contribution in [-0.4, -0.2) is 11.0 Å². The lowest BCUT2D eigenvalue weighted by atomic mass is 10.1. The molecule has 0 amide bonds. The van der Waals surface area contributed by atoms with Crippen molar-refractivity contribution in [3.63, 3.8) is 0 Å². The zero-order valence-corrected chi connectivity index (χ0v) is 6.43. The first-order valence-electron chi connectivity index (χ1n) is 2.57. The SMILES string of the molecule is [C]#CCC(C)(C)SC. The normalized spacial score (nSPS) is 10.8. The fourth-order valence-electron chi connectivity index (χ4n) is 0.285. The van der Waals surface area contributed by atoms with Gasteiger partial charge in [0.05, 0.1) is 0 Å². The standard InChI is InChI=1S/C7H11S/c1-5-6-7(2,3)8-4/h6H2,2-4H3. The molecule has 0 aliphatic carbocycles. The highest BCUT2D eigenvalue weighted by Gasteiger charge is 2.12. The first-order valence-corrected chi connectivity index (χ1v) is 3.79. The van der Waals surface area contributed by atoms with E-state index in [-0.39, 0.29) is 4.75 Å². The van der Waals surface area contributed by atoms with Crippen LogP contribution in [0.3, 0.4) is 0 Å². The molecule has 8 heavy (non-hydrogen) atoms. The molecule has 0 aromatic carbocycles. The summed E-state index contributed by atoms with van der Waals surface area (Å²) in [7, 11) is 0. The third-order valence-corrected chi connectivity index (χ3v) is 2.32. The molecule has 0 aliphatic heterocycles. The Morgan fingerprint density at radius 2 is 2.12 bits per heavy atom. The van der Waals surface area contributed by atoms with E-state index < -0.39 is 0 Å². The third kappa shape index (κ3) is 2.98. The fourth-order valence-corrected chi connectivity index (χ4v) is 0.502. The van der Waals surface area contributed by atoms with Gasteiger partial charge in [-0.2, -0.15) is 11.8 Å². The lowest BCUT2D eigenvalue weighted by Crippen LogP contribution is -2.11. The summed E-state index contributed by atoms with van der Waals surface area (Å²) >= 11 is 1.77. The molecule has 0 bridgehead atoms. The molecular weight excluding hydrogens is 116 g/mol. The second kappa shape index (κ2) is 3.04. The highest BCUT2D eigenvalue weighted by molar-refractivity contribution is 7.99. The van der Waals surface area contributed by atoms with Crippen molar-refractivity contribution in [2.45, 2.75) is 25.0 Å². The number of rotatable bonds is 2. The van der Waals surface area contributed by atoms with Crippen LogP contribution in [0.2, 0.25) is 0 Å². The summed E-state index contributed by atoms with van der Waals surface area (Å²) < 4.78 is 0.210. The molecule has 0 fully saturated rings. The topological polar surface area (TPSA) is 0 Å². The highest BCUT2D eigenvalue weighted by Crippen LogP contribution is 2.23. The molecular formula is C7H11S. The molecule has 0 aromatic rings. The number of hydrogen-bond acceptors (Lipinski definition) is 1. The fraction of sp³-hybridized carbons (Fsp3) is 0.714. The minimum atomic E-state index is 0.210. The van der Waals surface area contributed by atoms with Gasteiger partial charge in [-0.3, -0.25) is 0 Å². The van der Waals surface area contributed by atoms with E-state index in [2.05, 4.69) is 26.0 Å². The average molecular weight is 127 g/mol. The van der Waals surface area contributed by atoms with Gasteiger partial charge in [0.25, 0.3) is 0 Å². The summed E-state index contributed by atoms with van der Waals surface area (Å²) in [6.45, 7) is 4.22. The van der Waals surface area contributed by atoms with Gasteiger partial charge < -0.3 is 0 Å². The van der Waals surface area contributed by atoms with Gasteiger partial charge in [-0.25, -0.2) is 0 Å². The number of thioether (sulfide) groups is 1. The van der Waals surface area contributed by atoms with E-state index >= 15 is 0 Å². The average Bonchev–Trinajstić information content (AvgIpc) is 1.67. The maximum absolute atomic E-state index is 6.70. The van der Waals surface area contributed by atoms with Crippen LogP contribution in [0.1, 0.15) is 20.3 Å². The molecule has 0 heterocycles. The zero-order valence-electron chi connectivity index (χ0n) is 5.62. The van der Waals surface area contributed by atoms with E-state index in [9.17, 15) is 0 Å². The van der Waals surface area contributed by atoms with Gasteiger partial charge in [-0.1, -0.05) is 5.92 Å². The second-order valence-corrected chi connectivity index (χ2v) is 3.83. The predicted octanol–water partition coefficient (Wildman–Crippen LogP) is 2.11. The van der Waals surface area contributed by atoms with Crippen molar-refractivity contribution >= 4 is 11.8 Å². The van der Waals surface area contributed by atoms with Gasteiger partial charge >= 0.3 is 0 Å². The highest BCUT2D eigenvalue weighted by atomic mass is 32.2. The molecule has 1 heteroatoms. The third-order valence-electron chi connectivity index (χ3n) is 1.07. The summed E-state index contributed by atoms with van der Waals surface area (Å²) in [5.41, 5.74) is 0. The van der Waals surface area contributed by atoms with Crippen molar-refractivity contribution in [2.75, 3.05) is 6.26 Å². The first kappa shape index (κ1) is 7.91. The monoisotopic (exact) mass is 127 g/mol. The first-order chi connectivity index (χ1) is 3.62. The molecule has 0 aromatic heterocycles. The van der Waals surface area contributed by atoms with Gasteiger partial charge in [0.1, 0.15) is 0 Å². The maximum atomic E-state index is 6.70. The molecule has 0 atom stereocenters. The minimum Gasteiger partial charge on any atom is -0.158 e. The summed E-state index contributed by atoms with van der Waals surface area (Å²) in [5, 5.41) is 0. The molecule has 0 rings (SSSR count). The Hall–Kier alpha value is -0.0900. The van der Waals surface area contributed by atoms with Gasteiger partial charge in [0, 0.05) is 11.2 Å². The molecule has 1 radical (unpaired) electrons. The Morgan fingerprint density at radius 1 is 1.62 bits per heavy atom. The Labute approximate surface area is 56.1 Å². The Morgan fingerprint density at radius 3 is 2.25 bits per heavy atom. The van der Waals surface area contributed by atoms with Crippen molar-refractivity contribution in [3.05, 3.63) is 6.42 Å². The van der Waals surface area contributed by atoms with E-state index in [0.29, 0.717) is 0 Å². The van der Waals surface area contributed by atoms with E-state index in [0.717, 1.165) is 6.42 Å². The quantitative estimate of drug-likeness (QED) is 0.512. The van der Waals surface area contributed by atoms with Crippen LogP contribution in [-0.2, 0) is 0 Å². The molecule has 0 spiro atoms. The lowest BCUT2D eigenvalue weighted by Gasteiger charge is -2.17. The van der Waals surface area contributed by atoms with Crippen LogP contribution in [0.15, 0.2) is 0 Å². The maximum Gasteiger partial charge on any atom is 0.0241 e. The molecule has 0 saturated carbocycles. The van der Waals surface area contributed by atoms with Crippen LogP contribution in [0, 0.1) is 12.3 Å². The molecule has 45 valence electrons. The van der Waals surface area contributed by atoms with Crippen LogP contribution >= 0.6 is 11.8 Å². The largest absolute Gasteiger partial charge is 0.158 e.